The van der Waals surface area contributed by atoms with Gasteiger partial charge in [-0.25, -0.2) is 0 Å². The van der Waals surface area contributed by atoms with Crippen molar-refractivity contribution in [2.75, 3.05) is 6.61 Å². The van der Waals surface area contributed by atoms with Gasteiger partial charge < -0.3 is 4.74 Å². The standard InChI is InChI=1S/C21H36O/c1-2-6-17(7-3-1)21-11-5-10-19(21)15-22-20-13-12-16-8-4-9-18(16)14-20/h16-21H,1-15H2. The highest BCUT2D eigenvalue weighted by molar-refractivity contribution is 4.87. The summed E-state index contributed by atoms with van der Waals surface area (Å²) >= 11 is 0. The molecule has 0 saturated heterocycles. The lowest BCUT2D eigenvalue weighted by Crippen LogP contribution is -2.30. The monoisotopic (exact) mass is 304 g/mol. The third kappa shape index (κ3) is 3.40. The Balaban J connectivity index is 1.25. The van der Waals surface area contributed by atoms with Gasteiger partial charge in [-0.05, 0) is 61.7 Å². The predicted octanol–water partition coefficient (Wildman–Crippen LogP) is 5.97. The summed E-state index contributed by atoms with van der Waals surface area (Å²) in [5, 5.41) is 0. The Hall–Kier alpha value is -0.0400. The van der Waals surface area contributed by atoms with Crippen molar-refractivity contribution < 1.29 is 4.74 Å². The van der Waals surface area contributed by atoms with E-state index in [0.29, 0.717) is 6.10 Å². The van der Waals surface area contributed by atoms with E-state index in [1.807, 2.05) is 0 Å². The molecule has 0 aromatic heterocycles. The smallest absolute Gasteiger partial charge is 0.0578 e. The maximum Gasteiger partial charge on any atom is 0.0578 e. The minimum Gasteiger partial charge on any atom is -0.378 e. The van der Waals surface area contributed by atoms with Crippen LogP contribution < -0.4 is 0 Å². The van der Waals surface area contributed by atoms with Crippen LogP contribution in [0.2, 0.25) is 0 Å². The molecule has 4 aliphatic carbocycles. The maximum absolute atomic E-state index is 6.50. The average Bonchev–Trinajstić information content (AvgIpc) is 3.22. The highest BCUT2D eigenvalue weighted by Gasteiger charge is 2.37. The van der Waals surface area contributed by atoms with Crippen molar-refractivity contribution >= 4 is 0 Å². The Labute approximate surface area is 137 Å². The van der Waals surface area contributed by atoms with Crippen molar-refractivity contribution in [1.29, 1.82) is 0 Å². The molecular formula is C21H36O. The lowest BCUT2D eigenvalue weighted by Gasteiger charge is -2.35. The molecule has 0 aliphatic heterocycles. The molecule has 0 spiro atoms. The fourth-order valence-corrected chi connectivity index (χ4v) is 6.53. The Kier molecular flexibility index (Phi) is 5.10. The van der Waals surface area contributed by atoms with Crippen molar-refractivity contribution in [1.82, 2.24) is 0 Å². The fourth-order valence-electron chi connectivity index (χ4n) is 6.53. The third-order valence-electron chi connectivity index (χ3n) is 7.76. The molecule has 0 N–H and O–H groups in total. The van der Waals surface area contributed by atoms with Gasteiger partial charge in [-0.2, -0.15) is 0 Å². The van der Waals surface area contributed by atoms with E-state index in [-0.39, 0.29) is 0 Å². The summed E-state index contributed by atoms with van der Waals surface area (Å²) in [7, 11) is 0. The second kappa shape index (κ2) is 7.24. The molecule has 0 bridgehead atoms. The lowest BCUT2D eigenvalue weighted by atomic mass is 9.75. The summed E-state index contributed by atoms with van der Waals surface area (Å²) in [4.78, 5) is 0. The molecule has 4 aliphatic rings. The molecule has 126 valence electrons. The Morgan fingerprint density at radius 3 is 2.27 bits per heavy atom. The van der Waals surface area contributed by atoms with Crippen molar-refractivity contribution in [2.45, 2.75) is 96.0 Å². The van der Waals surface area contributed by atoms with Crippen LogP contribution in [0.15, 0.2) is 0 Å². The van der Waals surface area contributed by atoms with E-state index in [1.54, 1.807) is 0 Å². The number of fused-ring (bicyclic) bond motifs is 1. The highest BCUT2D eigenvalue weighted by atomic mass is 16.5. The SMILES string of the molecule is C1CCC(C2CCCC2COC2CCC3CCCC3C2)CC1. The van der Waals surface area contributed by atoms with E-state index in [0.717, 1.165) is 36.2 Å². The molecule has 0 amide bonds. The first-order valence-electron chi connectivity index (χ1n) is 10.5. The summed E-state index contributed by atoms with van der Waals surface area (Å²) in [6.45, 7) is 1.10. The predicted molar refractivity (Wildman–Crippen MR) is 91.8 cm³/mol. The molecule has 4 rings (SSSR count). The van der Waals surface area contributed by atoms with Gasteiger partial charge in [-0.3, -0.25) is 0 Å². The minimum absolute atomic E-state index is 0.618. The van der Waals surface area contributed by atoms with E-state index in [1.165, 1.54) is 89.9 Å². The van der Waals surface area contributed by atoms with Crippen LogP contribution in [0.4, 0.5) is 0 Å². The van der Waals surface area contributed by atoms with Crippen molar-refractivity contribution in [3.63, 3.8) is 0 Å². The normalized spacial score (nSPS) is 43.4. The molecule has 1 heteroatoms. The maximum atomic E-state index is 6.50. The number of hydrogen-bond acceptors (Lipinski definition) is 1. The quantitative estimate of drug-likeness (QED) is 0.622. The van der Waals surface area contributed by atoms with Crippen molar-refractivity contribution in [3.8, 4) is 0 Å². The van der Waals surface area contributed by atoms with Crippen LogP contribution in [0.3, 0.4) is 0 Å². The van der Waals surface area contributed by atoms with Crippen LogP contribution in [0.1, 0.15) is 89.9 Å². The highest BCUT2D eigenvalue weighted by Crippen LogP contribution is 2.45. The molecule has 5 unspecified atom stereocenters. The van der Waals surface area contributed by atoms with E-state index >= 15 is 0 Å². The Morgan fingerprint density at radius 2 is 1.36 bits per heavy atom. The molecule has 0 heterocycles. The molecule has 0 aromatic rings. The summed E-state index contributed by atoms with van der Waals surface area (Å²) < 4.78 is 6.50. The second-order valence-electron chi connectivity index (χ2n) is 8.97. The first-order valence-corrected chi connectivity index (χ1v) is 10.5. The van der Waals surface area contributed by atoms with Gasteiger partial charge in [0.05, 0.1) is 12.7 Å². The topological polar surface area (TPSA) is 9.23 Å². The first kappa shape index (κ1) is 15.5. The van der Waals surface area contributed by atoms with Gasteiger partial charge in [-0.15, -0.1) is 0 Å². The molecule has 0 aromatic carbocycles. The number of rotatable bonds is 4. The van der Waals surface area contributed by atoms with Gasteiger partial charge in [0.2, 0.25) is 0 Å². The van der Waals surface area contributed by atoms with Gasteiger partial charge >= 0.3 is 0 Å². The van der Waals surface area contributed by atoms with E-state index in [9.17, 15) is 0 Å². The van der Waals surface area contributed by atoms with Crippen molar-refractivity contribution in [3.05, 3.63) is 0 Å². The van der Waals surface area contributed by atoms with Crippen LogP contribution in [0, 0.1) is 29.6 Å². The third-order valence-corrected chi connectivity index (χ3v) is 7.76. The molecule has 1 nitrogen and oxygen atoms in total. The van der Waals surface area contributed by atoms with E-state index < -0.39 is 0 Å². The Morgan fingerprint density at radius 1 is 0.591 bits per heavy atom. The zero-order valence-corrected chi connectivity index (χ0v) is 14.5. The summed E-state index contributed by atoms with van der Waals surface area (Å²) in [5.41, 5.74) is 0. The van der Waals surface area contributed by atoms with Gasteiger partial charge in [-0.1, -0.05) is 57.8 Å². The van der Waals surface area contributed by atoms with Crippen LogP contribution in [0.5, 0.6) is 0 Å². The molecule has 4 fully saturated rings. The first-order chi connectivity index (χ1) is 10.9. The van der Waals surface area contributed by atoms with Crippen LogP contribution in [-0.4, -0.2) is 12.7 Å². The van der Waals surface area contributed by atoms with Gasteiger partial charge in [0.1, 0.15) is 0 Å². The number of ether oxygens (including phenoxy) is 1. The van der Waals surface area contributed by atoms with Gasteiger partial charge in [0.25, 0.3) is 0 Å². The molecule has 5 atom stereocenters. The van der Waals surface area contributed by atoms with Gasteiger partial charge in [0.15, 0.2) is 0 Å². The Bertz CT molecular complexity index is 346. The lowest BCUT2D eigenvalue weighted by molar-refractivity contribution is -0.0251. The largest absolute Gasteiger partial charge is 0.378 e. The summed E-state index contributed by atoms with van der Waals surface area (Å²) in [6, 6.07) is 0. The van der Waals surface area contributed by atoms with Crippen molar-refractivity contribution in [2.24, 2.45) is 29.6 Å². The average molecular weight is 305 g/mol. The van der Waals surface area contributed by atoms with Crippen LogP contribution in [0.25, 0.3) is 0 Å². The summed E-state index contributed by atoms with van der Waals surface area (Å²) in [6.07, 6.45) is 21.3. The van der Waals surface area contributed by atoms with E-state index in [2.05, 4.69) is 0 Å². The minimum atomic E-state index is 0.618. The molecule has 22 heavy (non-hydrogen) atoms. The van der Waals surface area contributed by atoms with Crippen LogP contribution >= 0.6 is 0 Å². The zero-order chi connectivity index (χ0) is 14.8. The van der Waals surface area contributed by atoms with Gasteiger partial charge in [0, 0.05) is 0 Å². The fraction of sp³-hybridized carbons (Fsp3) is 1.00. The summed E-state index contributed by atoms with van der Waals surface area (Å²) in [5.74, 6) is 5.07. The zero-order valence-electron chi connectivity index (χ0n) is 14.5. The second-order valence-corrected chi connectivity index (χ2v) is 8.97. The molecule has 0 radical (unpaired) electrons. The number of hydrogen-bond donors (Lipinski definition) is 0. The van der Waals surface area contributed by atoms with Crippen LogP contribution in [-0.2, 0) is 4.74 Å². The molecule has 4 saturated carbocycles. The van der Waals surface area contributed by atoms with E-state index in [4.69, 9.17) is 4.74 Å². The molecular weight excluding hydrogens is 268 g/mol.